The second kappa shape index (κ2) is 5.04. The molecule has 1 aliphatic heterocycles. The Morgan fingerprint density at radius 1 is 1.25 bits per heavy atom. The fourth-order valence-electron chi connectivity index (χ4n) is 2.47. The Labute approximate surface area is 118 Å². The maximum atomic E-state index is 12.2. The monoisotopic (exact) mass is 292 g/mol. The summed E-state index contributed by atoms with van der Waals surface area (Å²) in [7, 11) is -3.09. The van der Waals surface area contributed by atoms with Crippen molar-refractivity contribution < 1.29 is 8.42 Å². The van der Waals surface area contributed by atoms with E-state index in [0.29, 0.717) is 37.6 Å². The first kappa shape index (κ1) is 13.3. The van der Waals surface area contributed by atoms with Crippen LogP contribution in [-0.4, -0.2) is 49.1 Å². The van der Waals surface area contributed by atoms with E-state index in [1.165, 1.54) is 0 Å². The topological polar surface area (TPSA) is 77.3 Å². The smallest absolute Gasteiger partial charge is 0.217 e. The highest BCUT2D eigenvalue weighted by atomic mass is 32.2. The zero-order valence-corrected chi connectivity index (χ0v) is 11.9. The first-order chi connectivity index (χ1) is 9.63. The van der Waals surface area contributed by atoms with Gasteiger partial charge in [-0.2, -0.15) is 9.57 Å². The van der Waals surface area contributed by atoms with Crippen molar-refractivity contribution in [2.75, 3.05) is 31.1 Å². The first-order valence-electron chi connectivity index (χ1n) is 6.72. The molecule has 0 N–H and O–H groups in total. The van der Waals surface area contributed by atoms with E-state index in [0.717, 1.165) is 12.8 Å². The number of hydrogen-bond acceptors (Lipinski definition) is 5. The lowest BCUT2D eigenvalue weighted by Gasteiger charge is -2.35. The lowest BCUT2D eigenvalue weighted by Crippen LogP contribution is -2.50. The molecule has 1 aliphatic carbocycles. The Kier molecular flexibility index (Phi) is 3.36. The summed E-state index contributed by atoms with van der Waals surface area (Å²) in [5.41, 5.74) is 0.533. The molecule has 0 radical (unpaired) electrons. The van der Waals surface area contributed by atoms with Gasteiger partial charge in [-0.25, -0.2) is 13.4 Å². The molecule has 2 fully saturated rings. The molecule has 0 unspecified atom stereocenters. The van der Waals surface area contributed by atoms with Gasteiger partial charge >= 0.3 is 0 Å². The largest absolute Gasteiger partial charge is 0.353 e. The van der Waals surface area contributed by atoms with Gasteiger partial charge in [0, 0.05) is 32.4 Å². The summed E-state index contributed by atoms with van der Waals surface area (Å²) in [6.45, 7) is 2.11. The van der Waals surface area contributed by atoms with Gasteiger partial charge in [0.05, 0.1) is 10.8 Å². The normalized spacial score (nSPS) is 20.6. The van der Waals surface area contributed by atoms with Crippen LogP contribution in [0.5, 0.6) is 0 Å². The number of nitriles is 1. The number of sulfonamides is 1. The first-order valence-corrected chi connectivity index (χ1v) is 8.22. The standard InChI is InChI=1S/C13H16N4O2S/c14-10-11-2-1-5-15-13(11)16-6-8-17(9-7-16)20(18,19)12-3-4-12/h1-2,5,12H,3-4,6-9H2. The molecule has 0 spiro atoms. The number of aromatic nitrogens is 1. The lowest BCUT2D eigenvalue weighted by molar-refractivity contribution is 0.383. The quantitative estimate of drug-likeness (QED) is 0.814. The van der Waals surface area contributed by atoms with Crippen LogP contribution in [0.1, 0.15) is 18.4 Å². The van der Waals surface area contributed by atoms with Crippen LogP contribution in [0.2, 0.25) is 0 Å². The Morgan fingerprint density at radius 2 is 1.95 bits per heavy atom. The van der Waals surface area contributed by atoms with E-state index in [1.807, 2.05) is 4.90 Å². The van der Waals surface area contributed by atoms with Crippen LogP contribution in [0.15, 0.2) is 18.3 Å². The van der Waals surface area contributed by atoms with E-state index >= 15 is 0 Å². The molecule has 0 aromatic carbocycles. The second-order valence-corrected chi connectivity index (χ2v) is 7.33. The van der Waals surface area contributed by atoms with Crippen molar-refractivity contribution in [1.29, 1.82) is 5.26 Å². The Bertz CT molecular complexity index is 641. The molecule has 1 aromatic heterocycles. The van der Waals surface area contributed by atoms with Gasteiger partial charge in [-0.3, -0.25) is 0 Å². The molecule has 1 aromatic rings. The van der Waals surface area contributed by atoms with Gasteiger partial charge < -0.3 is 4.90 Å². The van der Waals surface area contributed by atoms with Crippen molar-refractivity contribution in [3.8, 4) is 6.07 Å². The molecular formula is C13H16N4O2S. The number of anilines is 1. The van der Waals surface area contributed by atoms with Crippen molar-refractivity contribution in [1.82, 2.24) is 9.29 Å². The van der Waals surface area contributed by atoms with Gasteiger partial charge in [-0.05, 0) is 25.0 Å². The highest BCUT2D eigenvalue weighted by molar-refractivity contribution is 7.90. The summed E-state index contributed by atoms with van der Waals surface area (Å²) in [5, 5.41) is 8.93. The summed E-state index contributed by atoms with van der Waals surface area (Å²) in [6, 6.07) is 5.59. The summed E-state index contributed by atoms with van der Waals surface area (Å²) in [5.74, 6) is 0.651. The van der Waals surface area contributed by atoms with Crippen LogP contribution in [0.25, 0.3) is 0 Å². The number of rotatable bonds is 3. The van der Waals surface area contributed by atoms with Crippen molar-refractivity contribution in [2.45, 2.75) is 18.1 Å². The van der Waals surface area contributed by atoms with E-state index in [1.54, 1.807) is 22.6 Å². The Morgan fingerprint density at radius 3 is 2.55 bits per heavy atom. The number of pyridine rings is 1. The zero-order valence-electron chi connectivity index (χ0n) is 11.1. The van der Waals surface area contributed by atoms with Crippen molar-refractivity contribution in [3.05, 3.63) is 23.9 Å². The molecule has 2 aliphatic rings. The summed E-state index contributed by atoms with van der Waals surface area (Å²) < 4.78 is 25.9. The maximum Gasteiger partial charge on any atom is 0.217 e. The third kappa shape index (κ3) is 2.37. The zero-order chi connectivity index (χ0) is 14.2. The van der Waals surface area contributed by atoms with Crippen molar-refractivity contribution in [2.24, 2.45) is 0 Å². The number of piperazine rings is 1. The number of hydrogen-bond donors (Lipinski definition) is 0. The molecule has 20 heavy (non-hydrogen) atoms. The lowest BCUT2D eigenvalue weighted by atomic mass is 10.2. The SMILES string of the molecule is N#Cc1cccnc1N1CCN(S(=O)(=O)C2CC2)CC1. The maximum absolute atomic E-state index is 12.2. The molecule has 3 rings (SSSR count). The molecule has 0 atom stereocenters. The minimum atomic E-state index is -3.09. The third-order valence-electron chi connectivity index (χ3n) is 3.75. The van der Waals surface area contributed by atoms with Gasteiger partial charge in [0.25, 0.3) is 0 Å². The molecular weight excluding hydrogens is 276 g/mol. The minimum absolute atomic E-state index is 0.154. The van der Waals surface area contributed by atoms with E-state index in [2.05, 4.69) is 11.1 Å². The van der Waals surface area contributed by atoms with Gasteiger partial charge in [0.2, 0.25) is 10.0 Å². The van der Waals surface area contributed by atoms with E-state index in [9.17, 15) is 8.42 Å². The highest BCUT2D eigenvalue weighted by Gasteiger charge is 2.41. The van der Waals surface area contributed by atoms with Gasteiger partial charge in [-0.15, -0.1) is 0 Å². The molecule has 1 saturated carbocycles. The molecule has 1 saturated heterocycles. The average molecular weight is 292 g/mol. The average Bonchev–Trinajstić information content (AvgIpc) is 3.32. The van der Waals surface area contributed by atoms with Crippen LogP contribution in [0.4, 0.5) is 5.82 Å². The number of nitrogens with zero attached hydrogens (tertiary/aromatic N) is 4. The van der Waals surface area contributed by atoms with Crippen molar-refractivity contribution in [3.63, 3.8) is 0 Å². The predicted molar refractivity (Wildman–Crippen MR) is 74.7 cm³/mol. The molecule has 6 nitrogen and oxygen atoms in total. The van der Waals surface area contributed by atoms with Gasteiger partial charge in [0.1, 0.15) is 11.9 Å². The van der Waals surface area contributed by atoms with Crippen LogP contribution in [0.3, 0.4) is 0 Å². The van der Waals surface area contributed by atoms with Crippen LogP contribution in [0, 0.1) is 11.3 Å². The Hall–Kier alpha value is -1.65. The highest BCUT2D eigenvalue weighted by Crippen LogP contribution is 2.31. The molecule has 7 heteroatoms. The summed E-state index contributed by atoms with van der Waals surface area (Å²) in [6.07, 6.45) is 3.24. The molecule has 106 valence electrons. The van der Waals surface area contributed by atoms with Crippen LogP contribution in [-0.2, 0) is 10.0 Å². The Balaban J connectivity index is 1.71. The van der Waals surface area contributed by atoms with E-state index in [-0.39, 0.29) is 5.25 Å². The second-order valence-electron chi connectivity index (χ2n) is 5.12. The molecule has 2 heterocycles. The molecule has 0 amide bonds. The minimum Gasteiger partial charge on any atom is -0.353 e. The van der Waals surface area contributed by atoms with Crippen molar-refractivity contribution >= 4 is 15.8 Å². The summed E-state index contributed by atoms with van der Waals surface area (Å²) >= 11 is 0. The fraction of sp³-hybridized carbons (Fsp3) is 0.538. The third-order valence-corrected chi connectivity index (χ3v) is 6.15. The van der Waals surface area contributed by atoms with Gasteiger partial charge in [-0.1, -0.05) is 0 Å². The van der Waals surface area contributed by atoms with E-state index < -0.39 is 10.0 Å². The molecule has 0 bridgehead atoms. The van der Waals surface area contributed by atoms with Gasteiger partial charge in [0.15, 0.2) is 0 Å². The van der Waals surface area contributed by atoms with Crippen LogP contribution >= 0.6 is 0 Å². The predicted octanol–water partition coefficient (Wildman–Crippen LogP) is 0.567. The van der Waals surface area contributed by atoms with Crippen LogP contribution < -0.4 is 4.90 Å². The summed E-state index contributed by atoms with van der Waals surface area (Å²) in [4.78, 5) is 6.23. The van der Waals surface area contributed by atoms with E-state index in [4.69, 9.17) is 5.26 Å². The fourth-order valence-corrected chi connectivity index (χ4v) is 4.29.